The molecule has 0 saturated heterocycles. The van der Waals surface area contributed by atoms with Gasteiger partial charge < -0.3 is 10.1 Å². The summed E-state index contributed by atoms with van der Waals surface area (Å²) >= 11 is 0. The van der Waals surface area contributed by atoms with Crippen LogP contribution in [0.5, 0.6) is 0 Å². The summed E-state index contributed by atoms with van der Waals surface area (Å²) in [5, 5.41) is 2.77. The number of carbonyl (C=O) groups excluding carboxylic acids is 2. The Morgan fingerprint density at radius 1 is 1.00 bits per heavy atom. The highest BCUT2D eigenvalue weighted by molar-refractivity contribution is 5.96. The lowest BCUT2D eigenvalue weighted by Crippen LogP contribution is -2.47. The van der Waals surface area contributed by atoms with E-state index in [1.807, 2.05) is 12.1 Å². The van der Waals surface area contributed by atoms with E-state index in [1.165, 1.54) is 5.56 Å². The Labute approximate surface area is 180 Å². The van der Waals surface area contributed by atoms with Gasteiger partial charge in [-0.3, -0.25) is 4.79 Å². The number of hydrogen-bond acceptors (Lipinski definition) is 3. The molecule has 30 heavy (non-hydrogen) atoms. The van der Waals surface area contributed by atoms with Crippen LogP contribution in [0.2, 0.25) is 0 Å². The molecule has 0 aliphatic heterocycles. The number of carbonyl (C=O) groups is 2. The van der Waals surface area contributed by atoms with Crippen molar-refractivity contribution < 1.29 is 14.3 Å². The zero-order valence-corrected chi connectivity index (χ0v) is 18.4. The molecule has 2 aromatic rings. The van der Waals surface area contributed by atoms with Crippen molar-refractivity contribution in [1.29, 1.82) is 0 Å². The molecule has 1 fully saturated rings. The molecule has 0 bridgehead atoms. The highest BCUT2D eigenvalue weighted by atomic mass is 16.5. The van der Waals surface area contributed by atoms with Crippen molar-refractivity contribution in [3.8, 4) is 0 Å². The maximum absolute atomic E-state index is 12.9. The highest BCUT2D eigenvalue weighted by Crippen LogP contribution is 2.43. The number of amides is 1. The average Bonchev–Trinajstić information content (AvgIpc) is 2.74. The Hall–Kier alpha value is -2.62. The van der Waals surface area contributed by atoms with Crippen LogP contribution >= 0.6 is 0 Å². The maximum Gasteiger partial charge on any atom is 0.328 e. The Balaban J connectivity index is 1.70. The molecule has 4 atom stereocenters. The smallest absolute Gasteiger partial charge is 0.328 e. The van der Waals surface area contributed by atoms with Crippen molar-refractivity contribution in [3.63, 3.8) is 0 Å². The van der Waals surface area contributed by atoms with Crippen LogP contribution in [0, 0.1) is 11.8 Å². The SMILES string of the molecule is C[C@@H]1CC[C@@H](C(C)(C)c2ccccc2)[C@H](OC(=O)[C@H](C)NC(=O)c2ccccc2)C1. The largest absolute Gasteiger partial charge is 0.461 e. The first-order chi connectivity index (χ1) is 14.3. The van der Waals surface area contributed by atoms with Gasteiger partial charge in [0.15, 0.2) is 0 Å². The lowest BCUT2D eigenvalue weighted by molar-refractivity contribution is -0.158. The molecular formula is C26H33NO3. The fourth-order valence-electron chi connectivity index (χ4n) is 4.55. The summed E-state index contributed by atoms with van der Waals surface area (Å²) in [6.07, 6.45) is 2.85. The molecule has 0 aromatic heterocycles. The third kappa shape index (κ3) is 5.10. The van der Waals surface area contributed by atoms with Gasteiger partial charge in [-0.2, -0.15) is 0 Å². The molecule has 1 aliphatic carbocycles. The minimum atomic E-state index is -0.699. The first-order valence-electron chi connectivity index (χ1n) is 10.9. The van der Waals surface area contributed by atoms with Gasteiger partial charge in [-0.25, -0.2) is 4.79 Å². The summed E-state index contributed by atoms with van der Waals surface area (Å²) < 4.78 is 6.03. The molecular weight excluding hydrogens is 374 g/mol. The quantitative estimate of drug-likeness (QED) is 0.675. The second kappa shape index (κ2) is 9.46. The number of esters is 1. The molecule has 1 N–H and O–H groups in total. The lowest BCUT2D eigenvalue weighted by atomic mass is 9.64. The van der Waals surface area contributed by atoms with E-state index in [2.05, 4.69) is 50.4 Å². The highest BCUT2D eigenvalue weighted by Gasteiger charge is 2.42. The third-order valence-electron chi connectivity index (χ3n) is 6.50. The van der Waals surface area contributed by atoms with E-state index in [9.17, 15) is 9.59 Å². The molecule has 0 unspecified atom stereocenters. The minimum Gasteiger partial charge on any atom is -0.461 e. The van der Waals surface area contributed by atoms with E-state index in [1.54, 1.807) is 31.2 Å². The summed E-state index contributed by atoms with van der Waals surface area (Å²) in [4.78, 5) is 25.3. The summed E-state index contributed by atoms with van der Waals surface area (Å²) in [5.41, 5.74) is 1.69. The lowest BCUT2D eigenvalue weighted by Gasteiger charge is -2.44. The van der Waals surface area contributed by atoms with Crippen molar-refractivity contribution in [2.45, 2.75) is 64.5 Å². The normalized spacial score (nSPS) is 22.7. The number of ether oxygens (including phenoxy) is 1. The molecule has 1 amide bonds. The molecule has 4 heteroatoms. The molecule has 4 nitrogen and oxygen atoms in total. The van der Waals surface area contributed by atoms with Gasteiger partial charge in [0.05, 0.1) is 0 Å². The molecule has 1 aliphatic rings. The minimum absolute atomic E-state index is 0.108. The van der Waals surface area contributed by atoms with Crippen molar-refractivity contribution in [3.05, 3.63) is 71.8 Å². The fraction of sp³-hybridized carbons (Fsp3) is 0.462. The van der Waals surface area contributed by atoms with E-state index in [4.69, 9.17) is 4.74 Å². The van der Waals surface area contributed by atoms with Gasteiger partial charge in [-0.15, -0.1) is 0 Å². The van der Waals surface area contributed by atoms with Crippen LogP contribution in [0.1, 0.15) is 62.9 Å². The third-order valence-corrected chi connectivity index (χ3v) is 6.50. The molecule has 2 aromatic carbocycles. The van der Waals surface area contributed by atoms with Gasteiger partial charge in [0.2, 0.25) is 0 Å². The van der Waals surface area contributed by atoms with Gasteiger partial charge >= 0.3 is 5.97 Å². The first-order valence-corrected chi connectivity index (χ1v) is 10.9. The predicted molar refractivity (Wildman–Crippen MR) is 119 cm³/mol. The van der Waals surface area contributed by atoms with E-state index in [-0.39, 0.29) is 29.3 Å². The summed E-state index contributed by atoms with van der Waals surface area (Å²) in [5.74, 6) is 0.113. The average molecular weight is 408 g/mol. The van der Waals surface area contributed by atoms with E-state index in [0.29, 0.717) is 11.5 Å². The zero-order chi connectivity index (χ0) is 21.7. The summed E-state index contributed by atoms with van der Waals surface area (Å²) in [7, 11) is 0. The number of rotatable bonds is 6. The van der Waals surface area contributed by atoms with Gasteiger partial charge in [-0.1, -0.05) is 75.7 Å². The van der Waals surface area contributed by atoms with Gasteiger partial charge in [0.25, 0.3) is 5.91 Å². The molecule has 0 spiro atoms. The number of benzene rings is 2. The topological polar surface area (TPSA) is 55.4 Å². The van der Waals surface area contributed by atoms with Crippen molar-refractivity contribution in [2.24, 2.45) is 11.8 Å². The van der Waals surface area contributed by atoms with Crippen LogP contribution in [0.25, 0.3) is 0 Å². The second-order valence-corrected chi connectivity index (χ2v) is 9.15. The Morgan fingerprint density at radius 2 is 1.60 bits per heavy atom. The Kier molecular flexibility index (Phi) is 6.96. The fourth-order valence-corrected chi connectivity index (χ4v) is 4.55. The van der Waals surface area contributed by atoms with Crippen molar-refractivity contribution >= 4 is 11.9 Å². The van der Waals surface area contributed by atoms with Gasteiger partial charge in [0.1, 0.15) is 12.1 Å². The predicted octanol–water partition coefficient (Wildman–Crippen LogP) is 5.13. The van der Waals surface area contributed by atoms with Crippen LogP contribution in [-0.4, -0.2) is 24.0 Å². The second-order valence-electron chi connectivity index (χ2n) is 9.15. The molecule has 0 radical (unpaired) electrons. The van der Waals surface area contributed by atoms with Crippen molar-refractivity contribution in [1.82, 2.24) is 5.32 Å². The molecule has 3 rings (SSSR count). The molecule has 0 heterocycles. The van der Waals surface area contributed by atoms with Gasteiger partial charge in [-0.05, 0) is 48.8 Å². The van der Waals surface area contributed by atoms with Crippen LogP contribution in [0.15, 0.2) is 60.7 Å². The van der Waals surface area contributed by atoms with E-state index >= 15 is 0 Å². The van der Waals surface area contributed by atoms with Crippen LogP contribution in [0.4, 0.5) is 0 Å². The van der Waals surface area contributed by atoms with Crippen LogP contribution < -0.4 is 5.32 Å². The standard InChI is InChI=1S/C26H33NO3/c1-18-15-16-22(26(3,4)21-13-9-6-10-14-21)23(17-18)30-25(29)19(2)27-24(28)20-11-7-5-8-12-20/h5-14,18-19,22-23H,15-17H2,1-4H3,(H,27,28)/t18-,19+,22-,23-/m1/s1. The monoisotopic (exact) mass is 407 g/mol. The Morgan fingerprint density at radius 3 is 2.23 bits per heavy atom. The van der Waals surface area contributed by atoms with Crippen LogP contribution in [-0.2, 0) is 14.9 Å². The van der Waals surface area contributed by atoms with Gasteiger partial charge in [0, 0.05) is 11.5 Å². The van der Waals surface area contributed by atoms with Crippen LogP contribution in [0.3, 0.4) is 0 Å². The van der Waals surface area contributed by atoms with E-state index < -0.39 is 6.04 Å². The maximum atomic E-state index is 12.9. The first kappa shape index (κ1) is 22.1. The number of hydrogen-bond donors (Lipinski definition) is 1. The Bertz CT molecular complexity index is 847. The van der Waals surface area contributed by atoms with Crippen molar-refractivity contribution in [2.75, 3.05) is 0 Å². The number of nitrogens with one attached hydrogen (secondary N) is 1. The zero-order valence-electron chi connectivity index (χ0n) is 18.4. The molecule has 160 valence electrons. The summed E-state index contributed by atoms with van der Waals surface area (Å²) in [6, 6.07) is 18.7. The molecule has 1 saturated carbocycles. The van der Waals surface area contributed by atoms with E-state index in [0.717, 1.165) is 19.3 Å². The summed E-state index contributed by atoms with van der Waals surface area (Å²) in [6.45, 7) is 8.38.